The van der Waals surface area contributed by atoms with E-state index in [2.05, 4.69) is 15.9 Å². The van der Waals surface area contributed by atoms with Crippen LogP contribution in [0.3, 0.4) is 0 Å². The van der Waals surface area contributed by atoms with Gasteiger partial charge in [0.05, 0.1) is 0 Å². The summed E-state index contributed by atoms with van der Waals surface area (Å²) < 4.78 is 31.5. The van der Waals surface area contributed by atoms with Gasteiger partial charge in [0.25, 0.3) is 0 Å². The van der Waals surface area contributed by atoms with Gasteiger partial charge in [-0.25, -0.2) is 13.2 Å². The zero-order chi connectivity index (χ0) is 14.5. The summed E-state index contributed by atoms with van der Waals surface area (Å²) in [7, 11) is -3.69. The molecule has 1 saturated carbocycles. The van der Waals surface area contributed by atoms with Crippen molar-refractivity contribution in [2.24, 2.45) is 11.8 Å². The first kappa shape index (κ1) is 14.1. The van der Waals surface area contributed by atoms with Crippen molar-refractivity contribution < 1.29 is 22.7 Å². The van der Waals surface area contributed by atoms with Gasteiger partial charge in [0.1, 0.15) is 4.90 Å². The normalized spacial score (nSPS) is 26.9. The van der Waals surface area contributed by atoms with Crippen molar-refractivity contribution in [2.45, 2.75) is 24.2 Å². The Morgan fingerprint density at radius 2 is 1.95 bits per heavy atom. The van der Waals surface area contributed by atoms with Gasteiger partial charge in [-0.05, 0) is 40.6 Å². The number of fused-ring (bicyclic) bond motifs is 1. The van der Waals surface area contributed by atoms with E-state index in [9.17, 15) is 13.2 Å². The van der Waals surface area contributed by atoms with Gasteiger partial charge in [-0.15, -0.1) is 0 Å². The lowest BCUT2D eigenvalue weighted by Gasteiger charge is -2.16. The molecule has 1 aromatic rings. The van der Waals surface area contributed by atoms with Gasteiger partial charge in [0.15, 0.2) is 4.67 Å². The number of carboxylic acids is 1. The molecule has 0 radical (unpaired) electrons. The minimum atomic E-state index is -3.69. The number of rotatable bonds is 3. The molecule has 1 aliphatic carbocycles. The summed E-state index contributed by atoms with van der Waals surface area (Å²) in [5.41, 5.74) is 0. The molecular formula is C12H14BrNO5S. The van der Waals surface area contributed by atoms with Crippen molar-refractivity contribution in [3.63, 3.8) is 0 Å². The monoisotopic (exact) mass is 363 g/mol. The third-order valence-corrected chi connectivity index (χ3v) is 6.87. The molecule has 2 atom stereocenters. The van der Waals surface area contributed by atoms with Crippen molar-refractivity contribution in [1.29, 1.82) is 0 Å². The van der Waals surface area contributed by atoms with E-state index in [1.165, 1.54) is 10.7 Å². The van der Waals surface area contributed by atoms with E-state index in [1.807, 2.05) is 0 Å². The van der Waals surface area contributed by atoms with E-state index in [0.717, 1.165) is 18.9 Å². The molecule has 0 spiro atoms. The van der Waals surface area contributed by atoms with Crippen molar-refractivity contribution >= 4 is 31.9 Å². The molecule has 1 N–H and O–H groups in total. The second-order valence-electron chi connectivity index (χ2n) is 5.33. The minimum absolute atomic E-state index is 0.0491. The minimum Gasteiger partial charge on any atom is -0.475 e. The Kier molecular flexibility index (Phi) is 3.42. The van der Waals surface area contributed by atoms with Crippen LogP contribution in [0.25, 0.3) is 0 Å². The van der Waals surface area contributed by atoms with Crippen LogP contribution in [0.1, 0.15) is 29.8 Å². The molecule has 0 bridgehead atoms. The molecule has 2 heterocycles. The summed E-state index contributed by atoms with van der Waals surface area (Å²) in [6, 6.07) is 1.07. The third kappa shape index (κ3) is 2.19. The van der Waals surface area contributed by atoms with Gasteiger partial charge in [-0.1, -0.05) is 6.42 Å². The Morgan fingerprint density at radius 3 is 2.45 bits per heavy atom. The van der Waals surface area contributed by atoms with E-state index in [0.29, 0.717) is 24.9 Å². The summed E-state index contributed by atoms with van der Waals surface area (Å²) in [4.78, 5) is 10.7. The van der Waals surface area contributed by atoms with Crippen LogP contribution in [0.4, 0.5) is 0 Å². The molecule has 0 amide bonds. The topological polar surface area (TPSA) is 87.8 Å². The molecular weight excluding hydrogens is 350 g/mol. The van der Waals surface area contributed by atoms with Crippen LogP contribution in [-0.4, -0.2) is 36.9 Å². The molecule has 1 aromatic heterocycles. The first-order chi connectivity index (χ1) is 9.39. The molecule has 2 aliphatic rings. The smallest absolute Gasteiger partial charge is 0.371 e. The fourth-order valence-corrected chi connectivity index (χ4v) is 5.62. The summed E-state index contributed by atoms with van der Waals surface area (Å²) in [6.45, 7) is 1.04. The van der Waals surface area contributed by atoms with Gasteiger partial charge in [0.2, 0.25) is 15.8 Å². The zero-order valence-corrected chi connectivity index (χ0v) is 13.0. The van der Waals surface area contributed by atoms with E-state index < -0.39 is 16.0 Å². The van der Waals surface area contributed by atoms with Crippen LogP contribution in [0.5, 0.6) is 0 Å². The number of sulfonamides is 1. The van der Waals surface area contributed by atoms with Crippen LogP contribution >= 0.6 is 15.9 Å². The molecule has 0 unspecified atom stereocenters. The van der Waals surface area contributed by atoms with E-state index in [1.54, 1.807) is 0 Å². The predicted molar refractivity (Wildman–Crippen MR) is 73.0 cm³/mol. The quantitative estimate of drug-likeness (QED) is 0.888. The molecule has 1 saturated heterocycles. The first-order valence-corrected chi connectivity index (χ1v) is 8.65. The summed E-state index contributed by atoms with van der Waals surface area (Å²) in [5, 5.41) is 8.86. The Hall–Kier alpha value is -0.860. The fourth-order valence-electron chi connectivity index (χ4n) is 3.16. The number of carbonyl (C=O) groups is 1. The van der Waals surface area contributed by atoms with E-state index >= 15 is 0 Å². The molecule has 6 nitrogen and oxygen atoms in total. The number of nitrogens with zero attached hydrogens (tertiary/aromatic N) is 1. The maximum atomic E-state index is 12.6. The van der Waals surface area contributed by atoms with Gasteiger partial charge in [-0.2, -0.15) is 4.31 Å². The summed E-state index contributed by atoms with van der Waals surface area (Å²) in [6.07, 6.45) is 3.31. The summed E-state index contributed by atoms with van der Waals surface area (Å²) >= 11 is 2.99. The lowest BCUT2D eigenvalue weighted by atomic mass is 10.0. The van der Waals surface area contributed by atoms with Crippen molar-refractivity contribution in [3.8, 4) is 0 Å². The number of hydrogen-bond acceptors (Lipinski definition) is 4. The van der Waals surface area contributed by atoms with E-state index in [-0.39, 0.29) is 15.3 Å². The average Bonchev–Trinajstić information content (AvgIpc) is 3.00. The van der Waals surface area contributed by atoms with Crippen molar-refractivity contribution in [3.05, 3.63) is 16.5 Å². The second kappa shape index (κ2) is 4.85. The van der Waals surface area contributed by atoms with Crippen LogP contribution in [0.2, 0.25) is 0 Å². The van der Waals surface area contributed by atoms with Crippen LogP contribution in [0.15, 0.2) is 20.0 Å². The SMILES string of the molecule is O=C(O)c1cc(S(=O)(=O)N2C[C@@H]3CCC[C@H]3C2)c(Br)o1. The highest BCUT2D eigenvalue weighted by atomic mass is 79.9. The lowest BCUT2D eigenvalue weighted by molar-refractivity contribution is 0.0661. The lowest BCUT2D eigenvalue weighted by Crippen LogP contribution is -2.29. The highest BCUT2D eigenvalue weighted by Gasteiger charge is 2.42. The molecule has 3 rings (SSSR count). The van der Waals surface area contributed by atoms with Gasteiger partial charge >= 0.3 is 5.97 Å². The van der Waals surface area contributed by atoms with Crippen LogP contribution in [0, 0.1) is 11.8 Å². The molecule has 0 aromatic carbocycles. The Bertz CT molecular complexity index is 641. The van der Waals surface area contributed by atoms with Gasteiger partial charge < -0.3 is 9.52 Å². The number of furan rings is 1. The Labute approximate surface area is 124 Å². The zero-order valence-electron chi connectivity index (χ0n) is 10.6. The molecule has 2 fully saturated rings. The maximum Gasteiger partial charge on any atom is 0.371 e. The number of carboxylic acid groups (broad SMARTS) is 1. The third-order valence-electron chi connectivity index (χ3n) is 4.18. The fraction of sp³-hybridized carbons (Fsp3) is 0.583. The number of hydrogen-bond donors (Lipinski definition) is 1. The average molecular weight is 364 g/mol. The van der Waals surface area contributed by atoms with Crippen molar-refractivity contribution in [1.82, 2.24) is 4.31 Å². The van der Waals surface area contributed by atoms with Crippen LogP contribution < -0.4 is 0 Å². The van der Waals surface area contributed by atoms with Crippen LogP contribution in [-0.2, 0) is 10.0 Å². The highest BCUT2D eigenvalue weighted by Crippen LogP contribution is 2.40. The molecule has 8 heteroatoms. The number of aromatic carboxylic acids is 1. The largest absolute Gasteiger partial charge is 0.475 e. The Morgan fingerprint density at radius 1 is 1.35 bits per heavy atom. The maximum absolute atomic E-state index is 12.6. The van der Waals surface area contributed by atoms with Crippen molar-refractivity contribution in [2.75, 3.05) is 13.1 Å². The van der Waals surface area contributed by atoms with E-state index in [4.69, 9.17) is 9.52 Å². The van der Waals surface area contributed by atoms with Gasteiger partial charge in [0, 0.05) is 19.2 Å². The second-order valence-corrected chi connectivity index (χ2v) is 7.95. The molecule has 110 valence electrons. The summed E-state index contributed by atoms with van der Waals surface area (Å²) in [5.74, 6) is -0.788. The highest BCUT2D eigenvalue weighted by molar-refractivity contribution is 9.10. The molecule has 1 aliphatic heterocycles. The number of halogens is 1. The van der Waals surface area contributed by atoms with Gasteiger partial charge in [-0.3, -0.25) is 0 Å². The predicted octanol–water partition coefficient (Wildman–Crippen LogP) is 2.16. The first-order valence-electron chi connectivity index (χ1n) is 6.42. The molecule has 20 heavy (non-hydrogen) atoms. The Balaban J connectivity index is 1.91. The standard InChI is InChI=1S/C12H14BrNO5S/c13-11-10(4-9(19-11)12(15)16)20(17,18)14-5-7-2-1-3-8(7)6-14/h4,7-8H,1-3,5-6H2,(H,15,16)/t7-,8-/m0/s1.